The van der Waals surface area contributed by atoms with E-state index in [1.807, 2.05) is 24.3 Å². The van der Waals surface area contributed by atoms with E-state index in [9.17, 15) is 13.6 Å². The Morgan fingerprint density at radius 2 is 1.95 bits per heavy atom. The highest BCUT2D eigenvalue weighted by molar-refractivity contribution is 5.88. The van der Waals surface area contributed by atoms with Crippen molar-refractivity contribution in [1.29, 1.82) is 0 Å². The molecule has 1 aliphatic carbocycles. The highest BCUT2D eigenvalue weighted by Crippen LogP contribution is 2.33. The van der Waals surface area contributed by atoms with Crippen LogP contribution in [0.3, 0.4) is 0 Å². The van der Waals surface area contributed by atoms with Gasteiger partial charge in [-0.15, -0.1) is 0 Å². The van der Waals surface area contributed by atoms with Gasteiger partial charge in [0.15, 0.2) is 0 Å². The summed E-state index contributed by atoms with van der Waals surface area (Å²) in [6, 6.07) is 11.2. The fourth-order valence-corrected chi connectivity index (χ4v) is 3.08. The van der Waals surface area contributed by atoms with E-state index in [0.29, 0.717) is 0 Å². The Morgan fingerprint density at radius 3 is 2.81 bits per heavy atom. The van der Waals surface area contributed by atoms with Crippen molar-refractivity contribution in [2.75, 3.05) is 0 Å². The van der Waals surface area contributed by atoms with Gasteiger partial charge in [0, 0.05) is 12.3 Å². The topological polar surface area (TPSA) is 17.1 Å². The van der Waals surface area contributed by atoms with Crippen LogP contribution in [0.5, 0.6) is 0 Å². The number of Topliss-reactive ketones (excluding diaryl/α,β-unsaturated/α-hetero) is 1. The van der Waals surface area contributed by atoms with E-state index in [1.165, 1.54) is 5.56 Å². The molecule has 0 aromatic heterocycles. The zero-order chi connectivity index (χ0) is 14.8. The van der Waals surface area contributed by atoms with E-state index in [-0.39, 0.29) is 23.7 Å². The lowest BCUT2D eigenvalue weighted by Gasteiger charge is -2.24. The molecule has 0 spiro atoms. The summed E-state index contributed by atoms with van der Waals surface area (Å²) in [5.41, 5.74) is 2.38. The van der Waals surface area contributed by atoms with Gasteiger partial charge >= 0.3 is 0 Å². The highest BCUT2D eigenvalue weighted by Gasteiger charge is 2.26. The average molecular weight is 286 g/mol. The van der Waals surface area contributed by atoms with Crippen molar-refractivity contribution in [3.63, 3.8) is 0 Å². The zero-order valence-corrected chi connectivity index (χ0v) is 11.6. The number of benzene rings is 2. The van der Waals surface area contributed by atoms with Crippen LogP contribution in [-0.4, -0.2) is 5.78 Å². The summed E-state index contributed by atoms with van der Waals surface area (Å²) < 4.78 is 26.9. The van der Waals surface area contributed by atoms with Crippen LogP contribution in [0.4, 0.5) is 8.78 Å². The summed E-state index contributed by atoms with van der Waals surface area (Å²) in [6.07, 6.45) is 2.67. The van der Waals surface area contributed by atoms with Gasteiger partial charge in [0.1, 0.15) is 17.4 Å². The second-order valence-electron chi connectivity index (χ2n) is 5.52. The van der Waals surface area contributed by atoms with Gasteiger partial charge in [0.05, 0.1) is 0 Å². The third kappa shape index (κ3) is 2.87. The summed E-state index contributed by atoms with van der Waals surface area (Å²) in [4.78, 5) is 12.5. The minimum Gasteiger partial charge on any atom is -0.299 e. The molecule has 1 nitrogen and oxygen atoms in total. The molecule has 21 heavy (non-hydrogen) atoms. The van der Waals surface area contributed by atoms with E-state index in [0.717, 1.165) is 43.0 Å². The fraction of sp³-hybridized carbons (Fsp3) is 0.278. The van der Waals surface area contributed by atoms with Gasteiger partial charge in [-0.05, 0) is 54.2 Å². The predicted octanol–water partition coefficient (Wildman–Crippen LogP) is 4.20. The van der Waals surface area contributed by atoms with Crippen LogP contribution in [0.25, 0.3) is 0 Å². The Kier molecular flexibility index (Phi) is 3.82. The van der Waals surface area contributed by atoms with Gasteiger partial charge in [0.25, 0.3) is 0 Å². The van der Waals surface area contributed by atoms with Crippen molar-refractivity contribution in [2.45, 2.75) is 31.6 Å². The van der Waals surface area contributed by atoms with Crippen molar-refractivity contribution < 1.29 is 13.6 Å². The first kappa shape index (κ1) is 13.9. The largest absolute Gasteiger partial charge is 0.299 e. The molecule has 0 N–H and O–H groups in total. The Morgan fingerprint density at radius 1 is 1.14 bits per heavy atom. The first-order valence-corrected chi connectivity index (χ1v) is 7.19. The molecule has 0 bridgehead atoms. The maximum atomic E-state index is 13.7. The molecule has 0 heterocycles. The number of carbonyl (C=O) groups is 1. The van der Waals surface area contributed by atoms with Gasteiger partial charge in [-0.3, -0.25) is 4.79 Å². The molecule has 0 radical (unpaired) electrons. The molecule has 3 rings (SSSR count). The molecule has 2 aromatic carbocycles. The second kappa shape index (κ2) is 5.76. The summed E-state index contributed by atoms with van der Waals surface area (Å²) in [5, 5.41) is 0. The fourth-order valence-electron chi connectivity index (χ4n) is 3.08. The van der Waals surface area contributed by atoms with Crippen molar-refractivity contribution in [2.24, 2.45) is 0 Å². The lowest BCUT2D eigenvalue weighted by atomic mass is 9.79. The first-order valence-electron chi connectivity index (χ1n) is 7.19. The van der Waals surface area contributed by atoms with E-state index in [4.69, 9.17) is 0 Å². The van der Waals surface area contributed by atoms with Gasteiger partial charge in [-0.2, -0.15) is 0 Å². The van der Waals surface area contributed by atoms with Crippen molar-refractivity contribution in [1.82, 2.24) is 0 Å². The molecule has 0 saturated carbocycles. The van der Waals surface area contributed by atoms with E-state index < -0.39 is 11.6 Å². The van der Waals surface area contributed by atoms with Crippen LogP contribution in [0.15, 0.2) is 42.5 Å². The Hall–Kier alpha value is -2.03. The van der Waals surface area contributed by atoms with Gasteiger partial charge in [-0.25, -0.2) is 8.78 Å². The predicted molar refractivity (Wildman–Crippen MR) is 77.2 cm³/mol. The maximum absolute atomic E-state index is 13.7. The van der Waals surface area contributed by atoms with Gasteiger partial charge in [-0.1, -0.05) is 24.3 Å². The molecule has 2 aromatic rings. The minimum absolute atomic E-state index is 0.0355. The molecule has 0 aliphatic heterocycles. The molecular weight excluding hydrogens is 270 g/mol. The molecule has 108 valence electrons. The number of fused-ring (bicyclic) bond motifs is 1. The summed E-state index contributed by atoms with van der Waals surface area (Å²) >= 11 is 0. The van der Waals surface area contributed by atoms with Crippen LogP contribution < -0.4 is 0 Å². The molecule has 0 amide bonds. The summed E-state index contributed by atoms with van der Waals surface area (Å²) in [5.74, 6) is -1.26. The summed E-state index contributed by atoms with van der Waals surface area (Å²) in [6.45, 7) is 0. The first-order chi connectivity index (χ1) is 10.1. The quantitative estimate of drug-likeness (QED) is 0.826. The highest BCUT2D eigenvalue weighted by atomic mass is 19.1. The molecular formula is C18H16F2O. The van der Waals surface area contributed by atoms with Crippen LogP contribution in [-0.2, 0) is 17.6 Å². The molecule has 1 aliphatic rings. The lowest BCUT2D eigenvalue weighted by Crippen LogP contribution is -2.20. The number of rotatable bonds is 3. The normalized spacial score (nSPS) is 17.3. The zero-order valence-electron chi connectivity index (χ0n) is 11.6. The van der Waals surface area contributed by atoms with Crippen LogP contribution in [0.2, 0.25) is 0 Å². The number of halogens is 2. The number of ketones is 1. The van der Waals surface area contributed by atoms with Crippen molar-refractivity contribution in [3.8, 4) is 0 Å². The van der Waals surface area contributed by atoms with E-state index >= 15 is 0 Å². The summed E-state index contributed by atoms with van der Waals surface area (Å²) in [7, 11) is 0. The maximum Gasteiger partial charge on any atom is 0.144 e. The van der Waals surface area contributed by atoms with Crippen LogP contribution in [0.1, 0.15) is 35.4 Å². The van der Waals surface area contributed by atoms with E-state index in [1.54, 1.807) is 0 Å². The lowest BCUT2D eigenvalue weighted by molar-refractivity contribution is -0.120. The third-order valence-electron chi connectivity index (χ3n) is 4.13. The molecule has 0 saturated heterocycles. The number of aryl methyl sites for hydroxylation is 1. The Labute approximate surface area is 122 Å². The Bertz CT molecular complexity index is 679. The number of hydrogen-bond acceptors (Lipinski definition) is 1. The van der Waals surface area contributed by atoms with Crippen LogP contribution in [0, 0.1) is 11.6 Å². The minimum atomic E-state index is -0.520. The number of hydrogen-bond donors (Lipinski definition) is 0. The molecule has 0 fully saturated rings. The van der Waals surface area contributed by atoms with Gasteiger partial charge < -0.3 is 0 Å². The second-order valence-corrected chi connectivity index (χ2v) is 5.52. The van der Waals surface area contributed by atoms with Crippen LogP contribution >= 0.6 is 0 Å². The molecule has 1 atom stereocenters. The van der Waals surface area contributed by atoms with Crippen molar-refractivity contribution in [3.05, 3.63) is 70.8 Å². The Balaban J connectivity index is 1.85. The van der Waals surface area contributed by atoms with E-state index in [2.05, 4.69) is 0 Å². The smallest absolute Gasteiger partial charge is 0.144 e. The molecule has 3 heteroatoms. The monoisotopic (exact) mass is 286 g/mol. The average Bonchev–Trinajstić information content (AvgIpc) is 2.50. The number of carbonyl (C=O) groups excluding carboxylic acids is 1. The SMILES string of the molecule is O=C(Cc1cc(F)ccc1F)C1CCCc2ccccc21. The molecule has 1 unspecified atom stereocenters. The van der Waals surface area contributed by atoms with Crippen molar-refractivity contribution >= 4 is 5.78 Å². The standard InChI is InChI=1S/C18H16F2O/c19-14-8-9-17(20)13(10-14)11-18(21)16-7-3-5-12-4-1-2-6-15(12)16/h1-2,4,6,8-10,16H,3,5,7,11H2. The third-order valence-corrected chi connectivity index (χ3v) is 4.13. The van der Waals surface area contributed by atoms with Gasteiger partial charge in [0.2, 0.25) is 0 Å².